The summed E-state index contributed by atoms with van der Waals surface area (Å²) in [6.45, 7) is 3.92. The van der Waals surface area contributed by atoms with E-state index >= 15 is 0 Å². The predicted molar refractivity (Wildman–Crippen MR) is 77.2 cm³/mol. The van der Waals surface area contributed by atoms with Crippen LogP contribution in [0.15, 0.2) is 24.3 Å². The number of hydrogen-bond acceptors (Lipinski definition) is 4. The Hall–Kier alpha value is -2.27. The van der Waals surface area contributed by atoms with E-state index in [0.29, 0.717) is 5.69 Å². The molecule has 0 aliphatic heterocycles. The van der Waals surface area contributed by atoms with E-state index in [9.17, 15) is 4.79 Å². The van der Waals surface area contributed by atoms with Crippen LogP contribution < -0.4 is 10.5 Å². The van der Waals surface area contributed by atoms with Crippen molar-refractivity contribution in [2.45, 2.75) is 13.8 Å². The summed E-state index contributed by atoms with van der Waals surface area (Å²) < 4.78 is 4.55. The maximum atomic E-state index is 10.6. The molecular weight excluding hydrogens is 280 g/mol. The Morgan fingerprint density at radius 3 is 2.65 bits per heavy atom. The predicted octanol–water partition coefficient (Wildman–Crippen LogP) is 3.66. The normalized spacial score (nSPS) is 10.3. The molecule has 0 atom stereocenters. The number of aromatic nitrogens is 1. The summed E-state index contributed by atoms with van der Waals surface area (Å²) in [7, 11) is 0. The number of pyridine rings is 1. The Bertz CT molecular complexity index is 686. The third kappa shape index (κ3) is 2.83. The third-order valence-electron chi connectivity index (χ3n) is 2.80. The highest BCUT2D eigenvalue weighted by atomic mass is 35.5. The highest BCUT2D eigenvalue weighted by molar-refractivity contribution is 6.34. The van der Waals surface area contributed by atoms with Crippen molar-refractivity contribution in [3.05, 3.63) is 40.4 Å². The van der Waals surface area contributed by atoms with Gasteiger partial charge in [0.1, 0.15) is 5.02 Å². The number of halogens is 1. The lowest BCUT2D eigenvalue weighted by Gasteiger charge is -2.10. The molecule has 1 heterocycles. The molecule has 20 heavy (non-hydrogen) atoms. The number of nitrogens with two attached hydrogens (primary N) is 1. The molecule has 6 heteroatoms. The second-order valence-corrected chi connectivity index (χ2v) is 4.78. The van der Waals surface area contributed by atoms with Crippen molar-refractivity contribution in [1.29, 1.82) is 0 Å². The topological polar surface area (TPSA) is 85.4 Å². The number of aryl methyl sites for hydroxylation is 2. The minimum atomic E-state index is -1.49. The number of nitrogen functional groups attached to an aromatic ring is 1. The van der Waals surface area contributed by atoms with Crippen LogP contribution in [0, 0.1) is 13.8 Å². The van der Waals surface area contributed by atoms with Gasteiger partial charge in [0.2, 0.25) is 5.88 Å². The fourth-order valence-electron chi connectivity index (χ4n) is 1.91. The van der Waals surface area contributed by atoms with E-state index in [1.54, 1.807) is 6.07 Å². The summed E-state index contributed by atoms with van der Waals surface area (Å²) in [4.78, 5) is 14.7. The zero-order valence-electron chi connectivity index (χ0n) is 11.0. The van der Waals surface area contributed by atoms with Crippen LogP contribution in [-0.2, 0) is 0 Å². The molecule has 0 fully saturated rings. The van der Waals surface area contributed by atoms with Gasteiger partial charge in [0.15, 0.2) is 0 Å². The smallest absolute Gasteiger partial charge is 0.449 e. The van der Waals surface area contributed by atoms with Crippen LogP contribution in [0.3, 0.4) is 0 Å². The first kappa shape index (κ1) is 14.1. The first-order valence-corrected chi connectivity index (χ1v) is 6.20. The molecule has 1 aromatic carbocycles. The fraction of sp³-hybridized carbons (Fsp3) is 0.143. The van der Waals surface area contributed by atoms with Crippen LogP contribution in [-0.4, -0.2) is 16.2 Å². The standard InChI is InChI=1S/C14H13ClN2O3/c1-7-3-4-9(8(2)5-7)11-6-10(16)12(15)13(17-11)20-14(18)19/h3-6H,1-2H3,(H2,16,17)(H,18,19). The van der Waals surface area contributed by atoms with Gasteiger partial charge in [-0.15, -0.1) is 0 Å². The van der Waals surface area contributed by atoms with E-state index in [4.69, 9.17) is 22.4 Å². The van der Waals surface area contributed by atoms with Gasteiger partial charge in [-0.3, -0.25) is 0 Å². The Labute approximate surface area is 121 Å². The number of anilines is 1. The van der Waals surface area contributed by atoms with Crippen molar-refractivity contribution in [3.8, 4) is 17.1 Å². The number of carboxylic acid groups (broad SMARTS) is 1. The lowest BCUT2D eigenvalue weighted by Crippen LogP contribution is -2.07. The summed E-state index contributed by atoms with van der Waals surface area (Å²) in [5.74, 6) is -0.214. The van der Waals surface area contributed by atoms with Gasteiger partial charge in [0.05, 0.1) is 11.4 Å². The van der Waals surface area contributed by atoms with Gasteiger partial charge in [-0.05, 0) is 25.5 Å². The summed E-state index contributed by atoms with van der Waals surface area (Å²) in [6, 6.07) is 7.42. The van der Waals surface area contributed by atoms with Crippen molar-refractivity contribution < 1.29 is 14.6 Å². The van der Waals surface area contributed by atoms with Gasteiger partial charge >= 0.3 is 6.16 Å². The summed E-state index contributed by atoms with van der Waals surface area (Å²) in [5, 5.41) is 8.66. The second-order valence-electron chi connectivity index (χ2n) is 4.40. The quantitative estimate of drug-likeness (QED) is 0.825. The zero-order chi connectivity index (χ0) is 14.9. The number of hydrogen-bond donors (Lipinski definition) is 2. The molecular formula is C14H13ClN2O3. The number of carbonyl (C=O) groups is 1. The van der Waals surface area contributed by atoms with E-state index in [1.807, 2.05) is 32.0 Å². The van der Waals surface area contributed by atoms with Crippen LogP contribution in [0.2, 0.25) is 5.02 Å². The molecule has 2 rings (SSSR count). The molecule has 0 bridgehead atoms. The number of benzene rings is 1. The third-order valence-corrected chi connectivity index (χ3v) is 3.18. The first-order chi connectivity index (χ1) is 9.38. The molecule has 3 N–H and O–H groups in total. The van der Waals surface area contributed by atoms with Gasteiger partial charge < -0.3 is 15.6 Å². The lowest BCUT2D eigenvalue weighted by atomic mass is 10.0. The molecule has 0 aliphatic rings. The van der Waals surface area contributed by atoms with E-state index in [1.165, 1.54) is 0 Å². The van der Waals surface area contributed by atoms with Crippen LogP contribution in [0.5, 0.6) is 5.88 Å². The van der Waals surface area contributed by atoms with Crippen LogP contribution >= 0.6 is 11.6 Å². The highest BCUT2D eigenvalue weighted by Crippen LogP contribution is 2.34. The maximum Gasteiger partial charge on any atom is 0.512 e. The molecule has 2 aromatic rings. The molecule has 1 aromatic heterocycles. The minimum Gasteiger partial charge on any atom is -0.449 e. The van der Waals surface area contributed by atoms with Crippen molar-refractivity contribution in [1.82, 2.24) is 4.98 Å². The molecule has 0 saturated heterocycles. The SMILES string of the molecule is Cc1ccc(-c2cc(N)c(Cl)c(OC(=O)O)n2)c(C)c1. The number of ether oxygens (including phenoxy) is 1. The molecule has 0 amide bonds. The van der Waals surface area contributed by atoms with Crippen molar-refractivity contribution in [2.75, 3.05) is 5.73 Å². The Balaban J connectivity index is 2.57. The van der Waals surface area contributed by atoms with Gasteiger partial charge in [-0.2, -0.15) is 0 Å². The number of rotatable bonds is 2. The molecule has 0 saturated carbocycles. The Kier molecular flexibility index (Phi) is 3.81. The summed E-state index contributed by atoms with van der Waals surface area (Å²) >= 11 is 5.89. The van der Waals surface area contributed by atoms with Crippen LogP contribution in [0.25, 0.3) is 11.3 Å². The first-order valence-electron chi connectivity index (χ1n) is 5.83. The van der Waals surface area contributed by atoms with E-state index in [0.717, 1.165) is 16.7 Å². The second kappa shape index (κ2) is 5.38. The van der Waals surface area contributed by atoms with Gasteiger partial charge in [0, 0.05) is 5.56 Å². The van der Waals surface area contributed by atoms with Gasteiger partial charge in [-0.1, -0.05) is 35.4 Å². The van der Waals surface area contributed by atoms with Crippen LogP contribution in [0.1, 0.15) is 11.1 Å². The molecule has 0 unspecified atom stereocenters. The Morgan fingerprint density at radius 1 is 1.35 bits per heavy atom. The fourth-order valence-corrected chi connectivity index (χ4v) is 2.05. The molecule has 0 radical (unpaired) electrons. The molecule has 104 valence electrons. The summed E-state index contributed by atoms with van der Waals surface area (Å²) in [6.07, 6.45) is -1.49. The monoisotopic (exact) mass is 292 g/mol. The molecule has 0 spiro atoms. The lowest BCUT2D eigenvalue weighted by molar-refractivity contribution is 0.142. The van der Waals surface area contributed by atoms with Gasteiger partial charge in [-0.25, -0.2) is 9.78 Å². The number of nitrogens with zero attached hydrogens (tertiary/aromatic N) is 1. The molecule has 5 nitrogen and oxygen atoms in total. The maximum absolute atomic E-state index is 10.6. The van der Waals surface area contributed by atoms with Crippen molar-refractivity contribution in [3.63, 3.8) is 0 Å². The van der Waals surface area contributed by atoms with E-state index in [2.05, 4.69) is 9.72 Å². The summed E-state index contributed by atoms with van der Waals surface area (Å²) in [5.41, 5.74) is 9.46. The minimum absolute atomic E-state index is 0.0130. The Morgan fingerprint density at radius 2 is 2.05 bits per heavy atom. The van der Waals surface area contributed by atoms with E-state index < -0.39 is 6.16 Å². The van der Waals surface area contributed by atoms with Crippen LogP contribution in [0.4, 0.5) is 10.5 Å². The molecule has 0 aliphatic carbocycles. The average molecular weight is 293 g/mol. The highest BCUT2D eigenvalue weighted by Gasteiger charge is 2.15. The average Bonchev–Trinajstić information content (AvgIpc) is 2.34. The van der Waals surface area contributed by atoms with Crippen molar-refractivity contribution >= 4 is 23.4 Å². The van der Waals surface area contributed by atoms with Crippen molar-refractivity contribution in [2.24, 2.45) is 0 Å². The van der Waals surface area contributed by atoms with E-state index in [-0.39, 0.29) is 16.6 Å². The largest absolute Gasteiger partial charge is 0.512 e. The zero-order valence-corrected chi connectivity index (χ0v) is 11.7. The van der Waals surface area contributed by atoms with Gasteiger partial charge in [0.25, 0.3) is 0 Å².